The third-order valence-corrected chi connectivity index (χ3v) is 2.55. The predicted molar refractivity (Wildman–Crippen MR) is 67.8 cm³/mol. The van der Waals surface area contributed by atoms with Crippen LogP contribution in [-0.2, 0) is 6.42 Å². The summed E-state index contributed by atoms with van der Waals surface area (Å²) in [6, 6.07) is 4.57. The molecule has 8 nitrogen and oxygen atoms in total. The molecule has 0 unspecified atom stereocenters. The summed E-state index contributed by atoms with van der Waals surface area (Å²) in [5.74, 6) is 1.25. The molecule has 0 bridgehead atoms. The van der Waals surface area contributed by atoms with Gasteiger partial charge in [0.1, 0.15) is 5.82 Å². The van der Waals surface area contributed by atoms with Crippen molar-refractivity contribution in [1.29, 1.82) is 0 Å². The zero-order chi connectivity index (χ0) is 13.8. The average Bonchev–Trinajstić information content (AvgIpc) is 2.87. The van der Waals surface area contributed by atoms with Gasteiger partial charge < -0.3 is 10.5 Å². The SMILES string of the molecule is COc1ccc(-c2n[nH]c(CCN)n2)cc1[N+](=O)[O-]. The molecule has 0 amide bonds. The molecule has 3 N–H and O–H groups in total. The molecule has 1 aromatic carbocycles. The van der Waals surface area contributed by atoms with Crippen molar-refractivity contribution >= 4 is 5.69 Å². The molecular weight excluding hydrogens is 250 g/mol. The van der Waals surface area contributed by atoms with E-state index >= 15 is 0 Å². The fourth-order valence-corrected chi connectivity index (χ4v) is 1.64. The number of nitro benzene ring substituents is 1. The molecule has 1 aromatic heterocycles. The van der Waals surface area contributed by atoms with Crippen molar-refractivity contribution in [2.24, 2.45) is 5.73 Å². The van der Waals surface area contributed by atoms with Gasteiger partial charge in [-0.3, -0.25) is 15.2 Å². The molecule has 19 heavy (non-hydrogen) atoms. The smallest absolute Gasteiger partial charge is 0.311 e. The summed E-state index contributed by atoms with van der Waals surface area (Å²) >= 11 is 0. The largest absolute Gasteiger partial charge is 0.490 e. The minimum Gasteiger partial charge on any atom is -0.490 e. The number of hydrogen-bond donors (Lipinski definition) is 2. The molecule has 8 heteroatoms. The predicted octanol–water partition coefficient (Wildman–Crippen LogP) is 0.890. The highest BCUT2D eigenvalue weighted by atomic mass is 16.6. The van der Waals surface area contributed by atoms with Gasteiger partial charge in [-0.25, -0.2) is 4.98 Å². The van der Waals surface area contributed by atoms with E-state index in [1.54, 1.807) is 6.07 Å². The Labute approximate surface area is 108 Å². The summed E-state index contributed by atoms with van der Waals surface area (Å²) in [7, 11) is 1.38. The Kier molecular flexibility index (Phi) is 3.71. The fraction of sp³-hybridized carbons (Fsp3) is 0.273. The second-order valence-corrected chi connectivity index (χ2v) is 3.79. The lowest BCUT2D eigenvalue weighted by Gasteiger charge is -2.02. The number of hydrogen-bond acceptors (Lipinski definition) is 6. The normalized spacial score (nSPS) is 10.4. The van der Waals surface area contributed by atoms with E-state index in [9.17, 15) is 10.1 Å². The number of rotatable bonds is 5. The standard InChI is InChI=1S/C11H13N5O3/c1-19-9-3-2-7(6-8(9)16(17)18)11-13-10(4-5-12)14-15-11/h2-3,6H,4-5,12H2,1H3,(H,13,14,15). The van der Waals surface area contributed by atoms with Crippen LogP contribution in [0.5, 0.6) is 5.75 Å². The molecule has 0 fully saturated rings. The number of nitrogens with one attached hydrogen (secondary N) is 1. The number of nitro groups is 1. The van der Waals surface area contributed by atoms with E-state index in [0.29, 0.717) is 30.2 Å². The average molecular weight is 263 g/mol. The van der Waals surface area contributed by atoms with Crippen LogP contribution >= 0.6 is 0 Å². The van der Waals surface area contributed by atoms with Crippen LogP contribution in [0, 0.1) is 10.1 Å². The van der Waals surface area contributed by atoms with Crippen molar-refractivity contribution in [3.05, 3.63) is 34.1 Å². The lowest BCUT2D eigenvalue weighted by Crippen LogP contribution is -2.03. The third-order valence-electron chi connectivity index (χ3n) is 2.55. The van der Waals surface area contributed by atoms with Crippen molar-refractivity contribution in [1.82, 2.24) is 15.2 Å². The Morgan fingerprint density at radius 2 is 2.32 bits per heavy atom. The van der Waals surface area contributed by atoms with Crippen LogP contribution in [0.15, 0.2) is 18.2 Å². The van der Waals surface area contributed by atoms with Crippen LogP contribution in [0.1, 0.15) is 5.82 Å². The number of aromatic amines is 1. The topological polar surface area (TPSA) is 120 Å². The molecule has 0 saturated heterocycles. The van der Waals surface area contributed by atoms with Crippen molar-refractivity contribution in [3.63, 3.8) is 0 Å². The third kappa shape index (κ3) is 2.68. The van der Waals surface area contributed by atoms with E-state index in [0.717, 1.165) is 0 Å². The zero-order valence-corrected chi connectivity index (χ0v) is 10.3. The van der Waals surface area contributed by atoms with Crippen molar-refractivity contribution in [2.75, 3.05) is 13.7 Å². The monoisotopic (exact) mass is 263 g/mol. The molecular formula is C11H13N5O3. The maximum Gasteiger partial charge on any atom is 0.311 e. The van der Waals surface area contributed by atoms with E-state index in [2.05, 4.69) is 15.2 Å². The summed E-state index contributed by atoms with van der Waals surface area (Å²) in [6.07, 6.45) is 0.575. The van der Waals surface area contributed by atoms with Crippen LogP contribution in [0.4, 0.5) is 5.69 Å². The fourth-order valence-electron chi connectivity index (χ4n) is 1.64. The van der Waals surface area contributed by atoms with E-state index in [4.69, 9.17) is 10.5 Å². The molecule has 2 aromatic rings. The summed E-state index contributed by atoms with van der Waals surface area (Å²) in [6.45, 7) is 0.456. The minimum absolute atomic E-state index is 0.120. The molecule has 0 aliphatic rings. The lowest BCUT2D eigenvalue weighted by atomic mass is 10.2. The van der Waals surface area contributed by atoms with Gasteiger partial charge in [0.2, 0.25) is 0 Å². The molecule has 0 spiro atoms. The first kappa shape index (κ1) is 13.0. The molecule has 0 radical (unpaired) electrons. The number of H-pyrrole nitrogens is 1. The number of ether oxygens (including phenoxy) is 1. The molecule has 0 atom stereocenters. The van der Waals surface area contributed by atoms with Gasteiger partial charge in [-0.15, -0.1) is 0 Å². The van der Waals surface area contributed by atoms with Gasteiger partial charge in [-0.1, -0.05) is 0 Å². The van der Waals surface area contributed by atoms with Gasteiger partial charge in [0, 0.05) is 18.1 Å². The van der Waals surface area contributed by atoms with Crippen LogP contribution in [0.3, 0.4) is 0 Å². The maximum absolute atomic E-state index is 10.9. The van der Waals surface area contributed by atoms with Crippen LogP contribution < -0.4 is 10.5 Å². The number of aromatic nitrogens is 3. The Balaban J connectivity index is 2.39. The van der Waals surface area contributed by atoms with Gasteiger partial charge in [-0.2, -0.15) is 5.10 Å². The van der Waals surface area contributed by atoms with Crippen LogP contribution in [-0.4, -0.2) is 33.8 Å². The van der Waals surface area contributed by atoms with Crippen LogP contribution in [0.25, 0.3) is 11.4 Å². The molecule has 100 valence electrons. The van der Waals surface area contributed by atoms with E-state index in [1.807, 2.05) is 0 Å². The Hall–Kier alpha value is -2.48. The number of nitrogens with two attached hydrogens (primary N) is 1. The van der Waals surface area contributed by atoms with Gasteiger partial charge in [0.25, 0.3) is 0 Å². The van der Waals surface area contributed by atoms with E-state index in [-0.39, 0.29) is 11.4 Å². The molecule has 0 aliphatic heterocycles. The summed E-state index contributed by atoms with van der Waals surface area (Å²) in [5.41, 5.74) is 5.84. The number of benzene rings is 1. The maximum atomic E-state index is 10.9. The highest BCUT2D eigenvalue weighted by molar-refractivity contribution is 5.63. The molecule has 2 rings (SSSR count). The number of nitrogens with zero attached hydrogens (tertiary/aromatic N) is 3. The van der Waals surface area contributed by atoms with Gasteiger partial charge in [0.05, 0.1) is 12.0 Å². The quantitative estimate of drug-likeness (QED) is 0.610. The summed E-state index contributed by atoms with van der Waals surface area (Å²) < 4.78 is 4.93. The van der Waals surface area contributed by atoms with Crippen molar-refractivity contribution in [2.45, 2.75) is 6.42 Å². The summed E-state index contributed by atoms with van der Waals surface area (Å²) in [5, 5.41) is 17.7. The highest BCUT2D eigenvalue weighted by Gasteiger charge is 2.17. The summed E-state index contributed by atoms with van der Waals surface area (Å²) in [4.78, 5) is 14.6. The van der Waals surface area contributed by atoms with Gasteiger partial charge in [0.15, 0.2) is 11.6 Å². The van der Waals surface area contributed by atoms with E-state index < -0.39 is 4.92 Å². The Bertz CT molecular complexity index is 596. The highest BCUT2D eigenvalue weighted by Crippen LogP contribution is 2.30. The van der Waals surface area contributed by atoms with Gasteiger partial charge in [-0.05, 0) is 18.7 Å². The first-order chi connectivity index (χ1) is 9.15. The lowest BCUT2D eigenvalue weighted by molar-refractivity contribution is -0.385. The number of methoxy groups -OCH3 is 1. The van der Waals surface area contributed by atoms with Crippen molar-refractivity contribution in [3.8, 4) is 17.1 Å². The first-order valence-electron chi connectivity index (χ1n) is 5.60. The molecule has 0 aliphatic carbocycles. The van der Waals surface area contributed by atoms with E-state index in [1.165, 1.54) is 19.2 Å². The zero-order valence-electron chi connectivity index (χ0n) is 10.3. The Morgan fingerprint density at radius 1 is 1.53 bits per heavy atom. The Morgan fingerprint density at radius 3 is 2.95 bits per heavy atom. The first-order valence-corrected chi connectivity index (χ1v) is 5.60. The minimum atomic E-state index is -0.504. The van der Waals surface area contributed by atoms with Crippen molar-refractivity contribution < 1.29 is 9.66 Å². The second kappa shape index (κ2) is 5.44. The van der Waals surface area contributed by atoms with Crippen LogP contribution in [0.2, 0.25) is 0 Å². The molecule has 0 saturated carbocycles. The molecule has 1 heterocycles. The second-order valence-electron chi connectivity index (χ2n) is 3.79. The van der Waals surface area contributed by atoms with Gasteiger partial charge >= 0.3 is 5.69 Å².